The minimum absolute atomic E-state index is 0.00626. The molecule has 0 bridgehead atoms. The van der Waals surface area contributed by atoms with Gasteiger partial charge in [0.05, 0.1) is 12.2 Å². The second-order valence-corrected chi connectivity index (χ2v) is 7.18. The van der Waals surface area contributed by atoms with Crippen LogP contribution in [-0.2, 0) is 11.2 Å². The predicted molar refractivity (Wildman–Crippen MR) is 107 cm³/mol. The number of carbonyl (C=O) groups excluding carboxylic acids is 1. The lowest BCUT2D eigenvalue weighted by Gasteiger charge is -2.37. The Kier molecular flexibility index (Phi) is 5.60. The molecule has 0 radical (unpaired) electrons. The molecule has 6 heteroatoms. The second-order valence-electron chi connectivity index (χ2n) is 7.18. The summed E-state index contributed by atoms with van der Waals surface area (Å²) in [6, 6.07) is 16.1. The van der Waals surface area contributed by atoms with Crippen LogP contribution >= 0.6 is 0 Å². The number of amides is 1. The summed E-state index contributed by atoms with van der Waals surface area (Å²) in [5.74, 6) is -0.294. The van der Waals surface area contributed by atoms with Crippen molar-refractivity contribution in [3.05, 3.63) is 89.9 Å². The summed E-state index contributed by atoms with van der Waals surface area (Å²) in [4.78, 5) is 17.3. The number of piperazine rings is 1. The first-order valence-electron chi connectivity index (χ1n) is 9.67. The van der Waals surface area contributed by atoms with Crippen LogP contribution in [0.2, 0.25) is 0 Å². The number of hydrogen-bond donors (Lipinski definition) is 0. The monoisotopic (exact) mass is 396 g/mol. The smallest absolute Gasteiger partial charge is 0.230 e. The third-order valence-corrected chi connectivity index (χ3v) is 5.34. The van der Waals surface area contributed by atoms with Gasteiger partial charge in [0.2, 0.25) is 5.91 Å². The minimum Gasteiger partial charge on any atom is -0.469 e. The van der Waals surface area contributed by atoms with Gasteiger partial charge in [-0.15, -0.1) is 0 Å². The Labute approximate surface area is 168 Å². The van der Waals surface area contributed by atoms with E-state index in [0.29, 0.717) is 32.6 Å². The van der Waals surface area contributed by atoms with E-state index in [-0.39, 0.29) is 17.5 Å². The average molecular weight is 396 g/mol. The van der Waals surface area contributed by atoms with Crippen molar-refractivity contribution in [2.24, 2.45) is 0 Å². The number of anilines is 1. The molecule has 0 saturated carbocycles. The van der Waals surface area contributed by atoms with Crippen molar-refractivity contribution in [3.8, 4) is 0 Å². The Morgan fingerprint density at radius 2 is 1.52 bits per heavy atom. The molecule has 29 heavy (non-hydrogen) atoms. The maximum absolute atomic E-state index is 13.4. The van der Waals surface area contributed by atoms with Gasteiger partial charge in [0.1, 0.15) is 17.4 Å². The molecule has 1 unspecified atom stereocenters. The molecule has 1 saturated heterocycles. The number of halogens is 2. The van der Waals surface area contributed by atoms with Crippen molar-refractivity contribution in [1.29, 1.82) is 0 Å². The van der Waals surface area contributed by atoms with Crippen molar-refractivity contribution in [2.45, 2.75) is 12.3 Å². The van der Waals surface area contributed by atoms with Gasteiger partial charge in [-0.05, 0) is 54.1 Å². The summed E-state index contributed by atoms with van der Waals surface area (Å²) < 4.78 is 32.0. The quantitative estimate of drug-likeness (QED) is 0.648. The van der Waals surface area contributed by atoms with E-state index < -0.39 is 5.92 Å². The highest BCUT2D eigenvalue weighted by atomic mass is 19.1. The van der Waals surface area contributed by atoms with Crippen LogP contribution in [0.3, 0.4) is 0 Å². The van der Waals surface area contributed by atoms with Crippen LogP contribution in [0, 0.1) is 11.6 Å². The van der Waals surface area contributed by atoms with Crippen LogP contribution < -0.4 is 4.90 Å². The van der Waals surface area contributed by atoms with Crippen LogP contribution in [-0.4, -0.2) is 37.0 Å². The molecule has 1 atom stereocenters. The first-order chi connectivity index (χ1) is 14.1. The zero-order valence-electron chi connectivity index (χ0n) is 15.9. The fourth-order valence-electron chi connectivity index (χ4n) is 3.73. The lowest BCUT2D eigenvalue weighted by Crippen LogP contribution is -2.50. The van der Waals surface area contributed by atoms with Gasteiger partial charge in [0, 0.05) is 38.3 Å². The lowest BCUT2D eigenvalue weighted by molar-refractivity contribution is -0.133. The molecule has 1 aliphatic rings. The number of benzene rings is 2. The molecule has 1 amide bonds. The number of hydrogen-bond acceptors (Lipinski definition) is 3. The maximum Gasteiger partial charge on any atom is 0.230 e. The lowest BCUT2D eigenvalue weighted by atomic mass is 9.92. The first-order valence-corrected chi connectivity index (χ1v) is 9.67. The third-order valence-electron chi connectivity index (χ3n) is 5.34. The molecule has 1 aliphatic heterocycles. The summed E-state index contributed by atoms with van der Waals surface area (Å²) in [7, 11) is 0. The summed E-state index contributed by atoms with van der Waals surface area (Å²) in [5, 5.41) is 0. The van der Waals surface area contributed by atoms with Crippen LogP contribution in [0.25, 0.3) is 0 Å². The van der Waals surface area contributed by atoms with Crippen molar-refractivity contribution >= 4 is 11.6 Å². The number of carbonyl (C=O) groups is 1. The molecule has 2 heterocycles. The Morgan fingerprint density at radius 3 is 2.10 bits per heavy atom. The zero-order chi connectivity index (χ0) is 20.2. The molecule has 1 fully saturated rings. The number of furan rings is 1. The number of nitrogens with zero attached hydrogens (tertiary/aromatic N) is 2. The van der Waals surface area contributed by atoms with Gasteiger partial charge >= 0.3 is 0 Å². The van der Waals surface area contributed by atoms with Crippen LogP contribution in [0.4, 0.5) is 14.5 Å². The topological polar surface area (TPSA) is 36.7 Å². The molecule has 0 aliphatic carbocycles. The third kappa shape index (κ3) is 4.47. The molecule has 150 valence electrons. The summed E-state index contributed by atoms with van der Waals surface area (Å²) in [6.45, 7) is 2.50. The van der Waals surface area contributed by atoms with Gasteiger partial charge in [-0.2, -0.15) is 0 Å². The molecule has 4 nitrogen and oxygen atoms in total. The van der Waals surface area contributed by atoms with Gasteiger partial charge in [-0.1, -0.05) is 12.1 Å². The van der Waals surface area contributed by atoms with Crippen molar-refractivity contribution in [2.75, 3.05) is 31.1 Å². The van der Waals surface area contributed by atoms with Crippen LogP contribution in [0.5, 0.6) is 0 Å². The highest BCUT2D eigenvalue weighted by molar-refractivity contribution is 5.84. The second kappa shape index (κ2) is 8.47. The highest BCUT2D eigenvalue weighted by Crippen LogP contribution is 2.26. The van der Waals surface area contributed by atoms with Crippen molar-refractivity contribution in [3.63, 3.8) is 0 Å². The van der Waals surface area contributed by atoms with Gasteiger partial charge in [0.15, 0.2) is 0 Å². The zero-order valence-corrected chi connectivity index (χ0v) is 15.9. The summed E-state index contributed by atoms with van der Waals surface area (Å²) in [6.07, 6.45) is 2.01. The SMILES string of the molecule is O=C(C(Cc1ccco1)c1ccc(F)cc1)N1CCN(c2ccc(F)cc2)CC1. The van der Waals surface area contributed by atoms with Crippen LogP contribution in [0.15, 0.2) is 71.3 Å². The average Bonchev–Trinajstić information content (AvgIpc) is 3.26. The fourth-order valence-corrected chi connectivity index (χ4v) is 3.73. The molecule has 2 aromatic carbocycles. The Bertz CT molecular complexity index is 932. The van der Waals surface area contributed by atoms with Gasteiger partial charge < -0.3 is 14.2 Å². The van der Waals surface area contributed by atoms with E-state index >= 15 is 0 Å². The van der Waals surface area contributed by atoms with Crippen molar-refractivity contribution < 1.29 is 18.0 Å². The van der Waals surface area contributed by atoms with Crippen molar-refractivity contribution in [1.82, 2.24) is 4.90 Å². The molecular weight excluding hydrogens is 374 g/mol. The molecular formula is C23H22F2N2O2. The first kappa shape index (κ1) is 19.2. The Morgan fingerprint density at radius 1 is 0.897 bits per heavy atom. The van der Waals surface area contributed by atoms with E-state index in [1.54, 1.807) is 36.6 Å². The normalized spacial score (nSPS) is 15.4. The van der Waals surface area contributed by atoms with E-state index in [1.165, 1.54) is 24.3 Å². The maximum atomic E-state index is 13.4. The van der Waals surface area contributed by atoms with Gasteiger partial charge in [-0.25, -0.2) is 8.78 Å². The molecule has 3 aromatic rings. The number of rotatable bonds is 5. The summed E-state index contributed by atoms with van der Waals surface area (Å²) >= 11 is 0. The minimum atomic E-state index is -0.431. The van der Waals surface area contributed by atoms with E-state index in [1.807, 2.05) is 11.0 Å². The van der Waals surface area contributed by atoms with Crippen LogP contribution in [0.1, 0.15) is 17.2 Å². The summed E-state index contributed by atoms with van der Waals surface area (Å²) in [5.41, 5.74) is 1.72. The van der Waals surface area contributed by atoms with E-state index in [9.17, 15) is 13.6 Å². The van der Waals surface area contributed by atoms with E-state index in [4.69, 9.17) is 4.42 Å². The largest absolute Gasteiger partial charge is 0.469 e. The van der Waals surface area contributed by atoms with E-state index in [2.05, 4.69) is 4.90 Å². The molecule has 4 rings (SSSR count). The van der Waals surface area contributed by atoms with Gasteiger partial charge in [0.25, 0.3) is 0 Å². The Hall–Kier alpha value is -3.15. The highest BCUT2D eigenvalue weighted by Gasteiger charge is 2.29. The predicted octanol–water partition coefficient (Wildman–Crippen LogP) is 4.23. The fraction of sp³-hybridized carbons (Fsp3) is 0.261. The molecule has 1 aromatic heterocycles. The Balaban J connectivity index is 1.47. The van der Waals surface area contributed by atoms with Gasteiger partial charge in [-0.3, -0.25) is 4.79 Å². The van der Waals surface area contributed by atoms with E-state index in [0.717, 1.165) is 17.0 Å². The standard InChI is InChI=1S/C23H22F2N2O2/c24-18-5-3-17(4-6-18)22(16-21-2-1-15-29-21)23(28)27-13-11-26(12-14-27)20-9-7-19(25)8-10-20/h1-10,15,22H,11-14,16H2. The molecule has 0 N–H and O–H groups in total. The molecule has 0 spiro atoms.